The van der Waals surface area contributed by atoms with Gasteiger partial charge in [-0.3, -0.25) is 9.69 Å². The van der Waals surface area contributed by atoms with Gasteiger partial charge in [-0.05, 0) is 42.8 Å². The molecule has 0 spiro atoms. The van der Waals surface area contributed by atoms with Crippen LogP contribution < -0.4 is 5.32 Å². The maximum absolute atomic E-state index is 13.4. The summed E-state index contributed by atoms with van der Waals surface area (Å²) in [5, 5.41) is 3.48. The van der Waals surface area contributed by atoms with Gasteiger partial charge in [-0.25, -0.2) is 17.2 Å². The summed E-state index contributed by atoms with van der Waals surface area (Å²) in [6.45, 7) is 3.12. The van der Waals surface area contributed by atoms with Crippen LogP contribution in [0.1, 0.15) is 12.5 Å². The van der Waals surface area contributed by atoms with Crippen LogP contribution in [-0.4, -0.2) is 55.8 Å². The summed E-state index contributed by atoms with van der Waals surface area (Å²) < 4.78 is 53.1. The fourth-order valence-electron chi connectivity index (χ4n) is 3.22. The van der Waals surface area contributed by atoms with Gasteiger partial charge in [0.2, 0.25) is 15.9 Å². The van der Waals surface area contributed by atoms with E-state index in [2.05, 4.69) is 5.32 Å². The first-order chi connectivity index (χ1) is 14.2. The number of hydrogen-bond acceptors (Lipinski definition) is 4. The highest BCUT2D eigenvalue weighted by Gasteiger charge is 2.32. The molecular weight excluding hydrogens is 436 g/mol. The van der Waals surface area contributed by atoms with Gasteiger partial charge >= 0.3 is 0 Å². The normalized spacial score (nSPS) is 16.9. The Labute approximate surface area is 179 Å². The van der Waals surface area contributed by atoms with Crippen LogP contribution in [0.3, 0.4) is 0 Å². The van der Waals surface area contributed by atoms with Gasteiger partial charge in [0.05, 0.1) is 10.9 Å². The second kappa shape index (κ2) is 9.38. The number of benzene rings is 2. The molecule has 6 nitrogen and oxygen atoms in total. The quantitative estimate of drug-likeness (QED) is 0.724. The number of sulfonamides is 1. The van der Waals surface area contributed by atoms with E-state index in [1.807, 2.05) is 17.0 Å². The van der Waals surface area contributed by atoms with Crippen molar-refractivity contribution in [2.24, 2.45) is 0 Å². The second-order valence-corrected chi connectivity index (χ2v) is 9.41. The summed E-state index contributed by atoms with van der Waals surface area (Å²) in [6, 6.07) is 9.25. The van der Waals surface area contributed by atoms with E-state index in [1.165, 1.54) is 4.31 Å². The highest BCUT2D eigenvalue weighted by atomic mass is 35.5. The van der Waals surface area contributed by atoms with Gasteiger partial charge in [0, 0.05) is 37.7 Å². The van der Waals surface area contributed by atoms with Crippen molar-refractivity contribution in [1.82, 2.24) is 14.5 Å². The van der Waals surface area contributed by atoms with Crippen LogP contribution in [0.15, 0.2) is 47.4 Å². The van der Waals surface area contributed by atoms with E-state index in [-0.39, 0.29) is 23.9 Å². The molecule has 1 heterocycles. The number of nitrogens with one attached hydrogen (secondary N) is 1. The van der Waals surface area contributed by atoms with Gasteiger partial charge < -0.3 is 5.32 Å². The molecule has 1 saturated heterocycles. The lowest BCUT2D eigenvalue weighted by Crippen LogP contribution is -2.54. The second-order valence-electron chi connectivity index (χ2n) is 7.04. The van der Waals surface area contributed by atoms with Crippen molar-refractivity contribution in [3.63, 3.8) is 0 Å². The highest BCUT2D eigenvalue weighted by molar-refractivity contribution is 7.89. The zero-order valence-corrected chi connectivity index (χ0v) is 17.9. The first-order valence-electron chi connectivity index (χ1n) is 9.40. The van der Waals surface area contributed by atoms with E-state index in [0.717, 1.165) is 17.7 Å². The number of nitrogens with zero attached hydrogens (tertiary/aromatic N) is 2. The van der Waals surface area contributed by atoms with E-state index in [1.54, 1.807) is 19.1 Å². The summed E-state index contributed by atoms with van der Waals surface area (Å²) in [5.74, 6) is -2.47. The van der Waals surface area contributed by atoms with Crippen molar-refractivity contribution in [3.8, 4) is 0 Å². The lowest BCUT2D eigenvalue weighted by atomic mass is 10.2. The van der Waals surface area contributed by atoms with Crippen LogP contribution in [0.4, 0.5) is 8.78 Å². The lowest BCUT2D eigenvalue weighted by molar-refractivity contribution is -0.126. The first kappa shape index (κ1) is 22.6. The monoisotopic (exact) mass is 457 g/mol. The Kier molecular flexibility index (Phi) is 7.07. The molecule has 162 valence electrons. The molecule has 0 bridgehead atoms. The Morgan fingerprint density at radius 3 is 2.30 bits per heavy atom. The molecule has 0 aliphatic carbocycles. The van der Waals surface area contributed by atoms with Gasteiger partial charge in [-0.2, -0.15) is 4.31 Å². The lowest BCUT2D eigenvalue weighted by Gasteiger charge is -2.36. The van der Waals surface area contributed by atoms with Gasteiger partial charge in [0.25, 0.3) is 0 Å². The van der Waals surface area contributed by atoms with E-state index in [9.17, 15) is 22.0 Å². The SMILES string of the molecule is CC(C(=O)NCc1ccc(Cl)cc1)N1CCN(S(=O)(=O)c2ccc(F)c(F)c2)CC1. The summed E-state index contributed by atoms with van der Waals surface area (Å²) >= 11 is 5.85. The Balaban J connectivity index is 1.55. The Morgan fingerprint density at radius 1 is 1.07 bits per heavy atom. The van der Waals surface area contributed by atoms with Crippen molar-refractivity contribution in [1.29, 1.82) is 0 Å². The maximum atomic E-state index is 13.4. The van der Waals surface area contributed by atoms with Gasteiger partial charge in [-0.1, -0.05) is 23.7 Å². The Hall–Kier alpha value is -2.07. The third kappa shape index (κ3) is 5.15. The molecule has 1 aliphatic heterocycles. The molecule has 0 saturated carbocycles. The average molecular weight is 458 g/mol. The number of amides is 1. The standard InChI is InChI=1S/C20H22ClF2N3O3S/c1-14(20(27)24-13-15-2-4-16(21)5-3-15)25-8-10-26(11-9-25)30(28,29)17-6-7-18(22)19(23)12-17/h2-7,12,14H,8-11,13H2,1H3,(H,24,27). The minimum atomic E-state index is -3.93. The molecule has 1 atom stereocenters. The van der Waals surface area contributed by atoms with Crippen LogP contribution >= 0.6 is 11.6 Å². The molecule has 10 heteroatoms. The third-order valence-electron chi connectivity index (χ3n) is 5.11. The van der Waals surface area contributed by atoms with E-state index in [0.29, 0.717) is 30.7 Å². The molecular formula is C20H22ClF2N3O3S. The molecule has 3 rings (SSSR count). The zero-order valence-electron chi connectivity index (χ0n) is 16.3. The van der Waals surface area contributed by atoms with Crippen LogP contribution in [0.5, 0.6) is 0 Å². The number of carbonyl (C=O) groups excluding carboxylic acids is 1. The third-order valence-corrected chi connectivity index (χ3v) is 7.26. The fourth-order valence-corrected chi connectivity index (χ4v) is 4.78. The predicted octanol–water partition coefficient (Wildman–Crippen LogP) is 2.63. The number of halogens is 3. The number of carbonyl (C=O) groups is 1. The van der Waals surface area contributed by atoms with Crippen molar-refractivity contribution < 1.29 is 22.0 Å². The molecule has 2 aromatic carbocycles. The van der Waals surface area contributed by atoms with Gasteiger partial charge in [-0.15, -0.1) is 0 Å². The molecule has 1 N–H and O–H groups in total. The average Bonchev–Trinajstić information content (AvgIpc) is 2.74. The van der Waals surface area contributed by atoms with Crippen LogP contribution in [0, 0.1) is 11.6 Å². The smallest absolute Gasteiger partial charge is 0.243 e. The Bertz CT molecular complexity index is 1010. The molecule has 30 heavy (non-hydrogen) atoms. The number of rotatable bonds is 6. The van der Waals surface area contributed by atoms with Crippen molar-refractivity contribution in [2.45, 2.75) is 24.4 Å². The highest BCUT2D eigenvalue weighted by Crippen LogP contribution is 2.20. The summed E-state index contributed by atoms with van der Waals surface area (Å²) in [6.07, 6.45) is 0. The molecule has 2 aromatic rings. The molecule has 1 unspecified atom stereocenters. The summed E-state index contributed by atoms with van der Waals surface area (Å²) in [4.78, 5) is 14.1. The fraction of sp³-hybridized carbons (Fsp3) is 0.350. The number of piperazine rings is 1. The maximum Gasteiger partial charge on any atom is 0.243 e. The van der Waals surface area contributed by atoms with E-state index < -0.39 is 27.7 Å². The summed E-state index contributed by atoms with van der Waals surface area (Å²) in [7, 11) is -3.93. The zero-order chi connectivity index (χ0) is 21.9. The minimum absolute atomic E-state index is 0.149. The van der Waals surface area contributed by atoms with Gasteiger partial charge in [0.1, 0.15) is 0 Å². The molecule has 1 aliphatic rings. The number of hydrogen-bond donors (Lipinski definition) is 1. The summed E-state index contributed by atoms with van der Waals surface area (Å²) in [5.41, 5.74) is 0.919. The first-order valence-corrected chi connectivity index (χ1v) is 11.2. The van der Waals surface area contributed by atoms with Crippen molar-refractivity contribution >= 4 is 27.5 Å². The Morgan fingerprint density at radius 2 is 1.70 bits per heavy atom. The van der Waals surface area contributed by atoms with Crippen molar-refractivity contribution in [3.05, 3.63) is 64.7 Å². The minimum Gasteiger partial charge on any atom is -0.351 e. The largest absolute Gasteiger partial charge is 0.351 e. The topological polar surface area (TPSA) is 69.7 Å². The molecule has 0 radical (unpaired) electrons. The van der Waals surface area contributed by atoms with Crippen LogP contribution in [-0.2, 0) is 21.4 Å². The van der Waals surface area contributed by atoms with Crippen LogP contribution in [0.25, 0.3) is 0 Å². The molecule has 1 amide bonds. The molecule has 0 aromatic heterocycles. The van der Waals surface area contributed by atoms with E-state index >= 15 is 0 Å². The van der Waals surface area contributed by atoms with E-state index in [4.69, 9.17) is 11.6 Å². The van der Waals surface area contributed by atoms with Gasteiger partial charge in [0.15, 0.2) is 11.6 Å². The predicted molar refractivity (Wildman–Crippen MR) is 109 cm³/mol. The van der Waals surface area contributed by atoms with Crippen LogP contribution in [0.2, 0.25) is 5.02 Å². The van der Waals surface area contributed by atoms with Crippen molar-refractivity contribution in [2.75, 3.05) is 26.2 Å². The molecule has 1 fully saturated rings.